The van der Waals surface area contributed by atoms with Gasteiger partial charge in [0.1, 0.15) is 0 Å². The Kier molecular flexibility index (Phi) is 5.31. The number of carbonyl (C=O) groups excluding carboxylic acids is 1. The summed E-state index contributed by atoms with van der Waals surface area (Å²) in [5, 5.41) is 15.3. The number of carbonyl (C=O) groups is 2. The smallest absolute Gasteiger partial charge is 0.319 e. The zero-order valence-corrected chi connectivity index (χ0v) is 12.7. The summed E-state index contributed by atoms with van der Waals surface area (Å²) in [5.41, 5.74) is 0.496. The molecular formula is C14H16Cl2N2O3. The lowest BCUT2D eigenvalue weighted by Crippen LogP contribution is -2.42. The van der Waals surface area contributed by atoms with E-state index in [1.807, 2.05) is 0 Å². The minimum Gasteiger partial charge on any atom is -0.481 e. The molecule has 2 atom stereocenters. The van der Waals surface area contributed by atoms with Crippen LogP contribution >= 0.6 is 23.2 Å². The number of carboxylic acid groups (broad SMARTS) is 1. The summed E-state index contributed by atoms with van der Waals surface area (Å²) in [4.78, 5) is 22.9. The quantitative estimate of drug-likeness (QED) is 0.789. The van der Waals surface area contributed by atoms with Crippen molar-refractivity contribution >= 4 is 40.9 Å². The monoisotopic (exact) mass is 330 g/mol. The largest absolute Gasteiger partial charge is 0.481 e. The number of urea groups is 1. The average Bonchev–Trinajstić information content (AvgIpc) is 2.37. The van der Waals surface area contributed by atoms with Crippen LogP contribution in [0.2, 0.25) is 10.0 Å². The Labute approximate surface area is 132 Å². The average molecular weight is 331 g/mol. The van der Waals surface area contributed by atoms with Crippen LogP contribution < -0.4 is 10.6 Å². The van der Waals surface area contributed by atoms with Gasteiger partial charge in [0, 0.05) is 21.8 Å². The van der Waals surface area contributed by atoms with Gasteiger partial charge in [-0.1, -0.05) is 29.6 Å². The lowest BCUT2D eigenvalue weighted by atomic mass is 9.86. The minimum absolute atomic E-state index is 0.130. The molecule has 1 aliphatic rings. The predicted molar refractivity (Wildman–Crippen MR) is 82.0 cm³/mol. The van der Waals surface area contributed by atoms with Crippen LogP contribution in [0, 0.1) is 5.92 Å². The number of nitrogens with one attached hydrogen (secondary N) is 2. The summed E-state index contributed by atoms with van der Waals surface area (Å²) in [6.07, 6.45) is 2.70. The topological polar surface area (TPSA) is 78.4 Å². The van der Waals surface area contributed by atoms with Gasteiger partial charge in [-0.25, -0.2) is 4.79 Å². The van der Waals surface area contributed by atoms with Crippen molar-refractivity contribution in [3.8, 4) is 0 Å². The molecule has 1 fully saturated rings. The highest BCUT2D eigenvalue weighted by Gasteiger charge is 2.27. The van der Waals surface area contributed by atoms with E-state index in [-0.39, 0.29) is 18.0 Å². The van der Waals surface area contributed by atoms with E-state index in [0.29, 0.717) is 28.6 Å². The molecule has 1 aromatic carbocycles. The first-order valence-electron chi connectivity index (χ1n) is 6.70. The zero-order chi connectivity index (χ0) is 15.4. The second-order valence-corrected chi connectivity index (χ2v) is 6.03. The molecule has 0 saturated heterocycles. The fraction of sp³-hybridized carbons (Fsp3) is 0.429. The normalized spacial score (nSPS) is 21.6. The van der Waals surface area contributed by atoms with Crippen molar-refractivity contribution in [3.63, 3.8) is 0 Å². The fourth-order valence-electron chi connectivity index (χ4n) is 2.52. The Hall–Kier alpha value is -1.46. The Balaban J connectivity index is 1.90. The number of rotatable bonds is 3. The van der Waals surface area contributed by atoms with Gasteiger partial charge < -0.3 is 15.7 Å². The molecular weight excluding hydrogens is 315 g/mol. The SMILES string of the molecule is O=C(Nc1cc(Cl)cc(Cl)c1)NC1CCCC(C(=O)O)C1. The van der Waals surface area contributed by atoms with Crippen LogP contribution in [0.5, 0.6) is 0 Å². The summed E-state index contributed by atoms with van der Waals surface area (Å²) < 4.78 is 0. The maximum atomic E-state index is 11.9. The molecule has 1 saturated carbocycles. The molecule has 1 aliphatic carbocycles. The lowest BCUT2D eigenvalue weighted by molar-refractivity contribution is -0.143. The number of hydrogen-bond acceptors (Lipinski definition) is 2. The molecule has 0 heterocycles. The molecule has 0 aliphatic heterocycles. The van der Waals surface area contributed by atoms with Gasteiger partial charge in [0.15, 0.2) is 0 Å². The second-order valence-electron chi connectivity index (χ2n) is 5.16. The molecule has 21 heavy (non-hydrogen) atoms. The maximum Gasteiger partial charge on any atom is 0.319 e. The van der Waals surface area contributed by atoms with Gasteiger partial charge in [0.2, 0.25) is 0 Å². The van der Waals surface area contributed by atoms with E-state index < -0.39 is 5.97 Å². The molecule has 0 radical (unpaired) electrons. The number of carboxylic acids is 1. The van der Waals surface area contributed by atoms with Gasteiger partial charge in [-0.05, 0) is 37.5 Å². The minimum atomic E-state index is -0.802. The highest BCUT2D eigenvalue weighted by atomic mass is 35.5. The summed E-state index contributed by atoms with van der Waals surface area (Å²) in [6.45, 7) is 0. The van der Waals surface area contributed by atoms with Gasteiger partial charge in [-0.15, -0.1) is 0 Å². The molecule has 2 rings (SSSR count). The first-order chi connectivity index (χ1) is 9.94. The van der Waals surface area contributed by atoms with Crippen molar-refractivity contribution in [2.24, 2.45) is 5.92 Å². The molecule has 0 bridgehead atoms. The van der Waals surface area contributed by atoms with Crippen molar-refractivity contribution in [3.05, 3.63) is 28.2 Å². The van der Waals surface area contributed by atoms with Gasteiger partial charge >= 0.3 is 12.0 Å². The van der Waals surface area contributed by atoms with Crippen molar-refractivity contribution in [2.45, 2.75) is 31.7 Å². The molecule has 2 unspecified atom stereocenters. The maximum absolute atomic E-state index is 11.9. The van der Waals surface area contributed by atoms with Crippen molar-refractivity contribution in [1.29, 1.82) is 0 Å². The van der Waals surface area contributed by atoms with Gasteiger partial charge in [-0.3, -0.25) is 4.79 Å². The van der Waals surface area contributed by atoms with Crippen LogP contribution in [0.1, 0.15) is 25.7 Å². The number of benzene rings is 1. The van der Waals surface area contributed by atoms with Crippen molar-refractivity contribution < 1.29 is 14.7 Å². The van der Waals surface area contributed by atoms with E-state index in [9.17, 15) is 9.59 Å². The number of aliphatic carboxylic acids is 1. The molecule has 0 spiro atoms. The first-order valence-corrected chi connectivity index (χ1v) is 7.46. The summed E-state index contributed by atoms with van der Waals surface area (Å²) in [6, 6.07) is 4.24. The number of halogens is 2. The lowest BCUT2D eigenvalue weighted by Gasteiger charge is -2.27. The molecule has 0 aromatic heterocycles. The van der Waals surface area contributed by atoms with Gasteiger partial charge in [-0.2, -0.15) is 0 Å². The Morgan fingerprint density at radius 1 is 1.14 bits per heavy atom. The molecule has 3 N–H and O–H groups in total. The van der Waals surface area contributed by atoms with E-state index in [2.05, 4.69) is 10.6 Å². The Morgan fingerprint density at radius 2 is 1.81 bits per heavy atom. The highest BCUT2D eigenvalue weighted by molar-refractivity contribution is 6.35. The van der Waals surface area contributed by atoms with Gasteiger partial charge in [0.25, 0.3) is 0 Å². The number of amides is 2. The van der Waals surface area contributed by atoms with Crippen LogP contribution in [0.4, 0.5) is 10.5 Å². The third kappa shape index (κ3) is 4.79. The molecule has 5 nitrogen and oxygen atoms in total. The zero-order valence-electron chi connectivity index (χ0n) is 11.2. The van der Waals surface area contributed by atoms with Crippen molar-refractivity contribution in [2.75, 3.05) is 5.32 Å². The van der Waals surface area contributed by atoms with Crippen LogP contribution in [-0.4, -0.2) is 23.1 Å². The summed E-state index contributed by atoms with van der Waals surface area (Å²) in [5.74, 6) is -1.19. The first kappa shape index (κ1) is 15.9. The molecule has 114 valence electrons. The van der Waals surface area contributed by atoms with Crippen LogP contribution in [0.25, 0.3) is 0 Å². The third-order valence-corrected chi connectivity index (χ3v) is 3.92. The molecule has 1 aromatic rings. The molecule has 2 amide bonds. The van der Waals surface area contributed by atoms with Gasteiger partial charge in [0.05, 0.1) is 5.92 Å². The van der Waals surface area contributed by atoms with E-state index in [0.717, 1.165) is 12.8 Å². The van der Waals surface area contributed by atoms with Crippen molar-refractivity contribution in [1.82, 2.24) is 5.32 Å². The van der Waals surface area contributed by atoms with E-state index in [1.54, 1.807) is 18.2 Å². The predicted octanol–water partition coefficient (Wildman–Crippen LogP) is 3.76. The van der Waals surface area contributed by atoms with E-state index in [1.165, 1.54) is 0 Å². The highest BCUT2D eigenvalue weighted by Crippen LogP contribution is 2.25. The second kappa shape index (κ2) is 7.00. The van der Waals surface area contributed by atoms with E-state index in [4.69, 9.17) is 28.3 Å². The van der Waals surface area contributed by atoms with Crippen LogP contribution in [0.3, 0.4) is 0 Å². The summed E-state index contributed by atoms with van der Waals surface area (Å²) in [7, 11) is 0. The number of anilines is 1. The van der Waals surface area contributed by atoms with Crippen LogP contribution in [-0.2, 0) is 4.79 Å². The molecule has 7 heteroatoms. The van der Waals surface area contributed by atoms with Crippen LogP contribution in [0.15, 0.2) is 18.2 Å². The Morgan fingerprint density at radius 3 is 2.43 bits per heavy atom. The number of hydrogen-bond donors (Lipinski definition) is 3. The van der Waals surface area contributed by atoms with E-state index >= 15 is 0 Å². The Bertz CT molecular complexity index is 531. The summed E-state index contributed by atoms with van der Waals surface area (Å²) >= 11 is 11.7. The third-order valence-electron chi connectivity index (χ3n) is 3.48. The standard InChI is InChI=1S/C14H16Cl2N2O3/c15-9-5-10(16)7-12(6-9)18-14(21)17-11-3-1-2-8(4-11)13(19)20/h5-8,11H,1-4H2,(H,19,20)(H2,17,18,21). The fourth-order valence-corrected chi connectivity index (χ4v) is 3.05.